The molecule has 0 spiro atoms. The lowest BCUT2D eigenvalue weighted by Gasteiger charge is -2.05. The molecule has 0 fully saturated rings. The Morgan fingerprint density at radius 3 is 2.28 bits per heavy atom. The van der Waals surface area contributed by atoms with Crippen molar-refractivity contribution in [2.24, 2.45) is 0 Å². The molecule has 0 heterocycles. The summed E-state index contributed by atoms with van der Waals surface area (Å²) in [6.07, 6.45) is 0. The van der Waals surface area contributed by atoms with Crippen molar-refractivity contribution in [3.05, 3.63) is 65.7 Å². The molecule has 3 N–H and O–H groups in total. The summed E-state index contributed by atoms with van der Waals surface area (Å²) in [5.74, 6) is 0.742. The summed E-state index contributed by atoms with van der Waals surface area (Å²) in [6.45, 7) is 0.390. The fraction of sp³-hybridized carbons (Fsp3) is 0.133. The van der Waals surface area contributed by atoms with Crippen molar-refractivity contribution in [3.8, 4) is 5.75 Å². The van der Waals surface area contributed by atoms with E-state index in [2.05, 4.69) is 0 Å². The van der Waals surface area contributed by atoms with E-state index in [9.17, 15) is 0 Å². The zero-order valence-electron chi connectivity index (χ0n) is 10.0. The molecule has 2 aromatic rings. The second kappa shape index (κ2) is 5.98. The van der Waals surface area contributed by atoms with Crippen molar-refractivity contribution in [2.45, 2.75) is 6.61 Å². The number of benzene rings is 2. The average Bonchev–Trinajstić information content (AvgIpc) is 2.46. The van der Waals surface area contributed by atoms with Gasteiger partial charge in [-0.2, -0.15) is 0 Å². The standard InChI is InChI=1S/C15H15NO2/c16-15(13-4-2-1-3-5-13)11-18-14-8-6-12(10-17)7-9-14/h1-9,16-17H,10-11H2/p+1. The van der Waals surface area contributed by atoms with Crippen LogP contribution in [0.1, 0.15) is 11.1 Å². The summed E-state index contributed by atoms with van der Waals surface area (Å²) in [7, 11) is 0. The summed E-state index contributed by atoms with van der Waals surface area (Å²) in [5.41, 5.74) is 2.54. The van der Waals surface area contributed by atoms with Gasteiger partial charge < -0.3 is 9.84 Å². The number of rotatable bonds is 5. The first-order valence-corrected chi connectivity index (χ1v) is 5.79. The van der Waals surface area contributed by atoms with Crippen LogP contribution in [0.2, 0.25) is 0 Å². The second-order valence-corrected chi connectivity index (χ2v) is 3.98. The summed E-state index contributed by atoms with van der Waals surface area (Å²) in [4.78, 5) is 0. The molecule has 2 aromatic carbocycles. The SMILES string of the molecule is [NH2+]=C(COc1ccc(CO)cc1)c1ccccc1. The number of hydrogen-bond donors (Lipinski definition) is 2. The fourth-order valence-electron chi connectivity index (χ4n) is 1.59. The molecule has 0 amide bonds. The highest BCUT2D eigenvalue weighted by Crippen LogP contribution is 2.12. The van der Waals surface area contributed by atoms with Crippen LogP contribution in [0.5, 0.6) is 5.75 Å². The van der Waals surface area contributed by atoms with Crippen LogP contribution in [-0.2, 0) is 6.61 Å². The maximum atomic E-state index is 8.93. The third kappa shape index (κ3) is 3.18. The lowest BCUT2D eigenvalue weighted by atomic mass is 10.1. The zero-order valence-corrected chi connectivity index (χ0v) is 10.0. The number of hydrogen-bond acceptors (Lipinski definition) is 2. The van der Waals surface area contributed by atoms with Crippen molar-refractivity contribution in [2.75, 3.05) is 6.61 Å². The van der Waals surface area contributed by atoms with Crippen LogP contribution in [-0.4, -0.2) is 17.4 Å². The highest BCUT2D eigenvalue weighted by atomic mass is 16.5. The summed E-state index contributed by atoms with van der Waals surface area (Å²) < 4.78 is 5.58. The number of aliphatic hydroxyl groups excluding tert-OH is 1. The summed E-state index contributed by atoms with van der Waals surface area (Å²) in [5, 5.41) is 14.9. The summed E-state index contributed by atoms with van der Waals surface area (Å²) >= 11 is 0. The largest absolute Gasteiger partial charge is 0.483 e. The van der Waals surface area contributed by atoms with Gasteiger partial charge >= 0.3 is 0 Å². The summed E-state index contributed by atoms with van der Waals surface area (Å²) in [6, 6.07) is 17.0. The van der Waals surface area contributed by atoms with Crippen LogP contribution in [0.3, 0.4) is 0 Å². The average molecular weight is 242 g/mol. The van der Waals surface area contributed by atoms with Gasteiger partial charge in [-0.1, -0.05) is 30.3 Å². The van der Waals surface area contributed by atoms with Gasteiger partial charge in [0.05, 0.1) is 6.61 Å². The van der Waals surface area contributed by atoms with E-state index in [0.717, 1.165) is 16.9 Å². The Bertz CT molecular complexity index is 506. The van der Waals surface area contributed by atoms with E-state index in [1.54, 1.807) is 0 Å². The maximum absolute atomic E-state index is 8.93. The number of aliphatic hydroxyl groups is 1. The van der Waals surface area contributed by atoms with E-state index in [4.69, 9.17) is 15.3 Å². The predicted molar refractivity (Wildman–Crippen MR) is 70.3 cm³/mol. The molecule has 0 radical (unpaired) electrons. The molecule has 0 aromatic heterocycles. The number of ether oxygens (including phenoxy) is 1. The third-order valence-corrected chi connectivity index (χ3v) is 2.64. The quantitative estimate of drug-likeness (QED) is 0.762. The van der Waals surface area contributed by atoms with Crippen LogP contribution in [0, 0.1) is 0 Å². The molecule has 3 heteroatoms. The van der Waals surface area contributed by atoms with Gasteiger partial charge in [0.2, 0.25) is 5.71 Å². The van der Waals surface area contributed by atoms with Gasteiger partial charge in [0.25, 0.3) is 0 Å². The minimum atomic E-state index is 0.0402. The predicted octanol–water partition coefficient (Wildman–Crippen LogP) is 0.806. The van der Waals surface area contributed by atoms with Crippen LogP contribution < -0.4 is 10.1 Å². The smallest absolute Gasteiger partial charge is 0.218 e. The van der Waals surface area contributed by atoms with E-state index >= 15 is 0 Å². The third-order valence-electron chi connectivity index (χ3n) is 2.64. The molecule has 0 aliphatic rings. The molecule has 2 rings (SSSR count). The van der Waals surface area contributed by atoms with Gasteiger partial charge in [0, 0.05) is 5.56 Å². The van der Waals surface area contributed by atoms with Crippen molar-refractivity contribution >= 4 is 5.71 Å². The molecule has 0 aliphatic heterocycles. The van der Waals surface area contributed by atoms with Crippen molar-refractivity contribution < 1.29 is 15.3 Å². The van der Waals surface area contributed by atoms with Gasteiger partial charge in [-0.05, 0) is 29.8 Å². The van der Waals surface area contributed by atoms with Crippen molar-refractivity contribution in [3.63, 3.8) is 0 Å². The molecule has 0 bridgehead atoms. The van der Waals surface area contributed by atoms with Crippen molar-refractivity contribution in [1.82, 2.24) is 0 Å². The molecule has 18 heavy (non-hydrogen) atoms. The Morgan fingerprint density at radius 1 is 1.00 bits per heavy atom. The van der Waals surface area contributed by atoms with Crippen LogP contribution >= 0.6 is 0 Å². The van der Waals surface area contributed by atoms with Gasteiger partial charge in [-0.3, -0.25) is 5.41 Å². The van der Waals surface area contributed by atoms with Crippen molar-refractivity contribution in [1.29, 1.82) is 0 Å². The Kier molecular flexibility index (Phi) is 4.10. The first-order chi connectivity index (χ1) is 8.79. The van der Waals surface area contributed by atoms with E-state index in [-0.39, 0.29) is 6.61 Å². The molecular formula is C15H16NO2+. The first-order valence-electron chi connectivity index (χ1n) is 5.79. The molecule has 0 unspecified atom stereocenters. The lowest BCUT2D eigenvalue weighted by Crippen LogP contribution is -2.43. The normalized spacial score (nSPS) is 10.1. The Balaban J connectivity index is 1.93. The van der Waals surface area contributed by atoms with Gasteiger partial charge in [0.1, 0.15) is 5.75 Å². The molecule has 0 saturated heterocycles. The molecule has 3 nitrogen and oxygen atoms in total. The van der Waals surface area contributed by atoms with E-state index < -0.39 is 0 Å². The minimum Gasteiger partial charge on any atom is -0.483 e. The first kappa shape index (κ1) is 12.3. The Labute approximate surface area is 106 Å². The minimum absolute atomic E-state index is 0.0402. The highest BCUT2D eigenvalue weighted by Gasteiger charge is 2.07. The fourth-order valence-corrected chi connectivity index (χ4v) is 1.59. The monoisotopic (exact) mass is 242 g/mol. The van der Waals surface area contributed by atoms with E-state index in [0.29, 0.717) is 12.3 Å². The lowest BCUT2D eigenvalue weighted by molar-refractivity contribution is -0.117. The van der Waals surface area contributed by atoms with Gasteiger partial charge in [-0.25, -0.2) is 0 Å². The van der Waals surface area contributed by atoms with E-state index in [1.165, 1.54) is 0 Å². The Morgan fingerprint density at radius 2 is 1.67 bits per heavy atom. The highest BCUT2D eigenvalue weighted by molar-refractivity contribution is 5.96. The van der Waals surface area contributed by atoms with Crippen LogP contribution in [0.4, 0.5) is 0 Å². The molecule has 0 aliphatic carbocycles. The van der Waals surface area contributed by atoms with Gasteiger partial charge in [0.15, 0.2) is 6.61 Å². The maximum Gasteiger partial charge on any atom is 0.218 e. The zero-order chi connectivity index (χ0) is 12.8. The number of nitrogens with two attached hydrogens (primary N) is 1. The molecular weight excluding hydrogens is 226 g/mol. The molecule has 0 saturated carbocycles. The molecule has 0 atom stereocenters. The van der Waals surface area contributed by atoms with Crippen LogP contribution in [0.15, 0.2) is 54.6 Å². The van der Waals surface area contributed by atoms with Crippen LogP contribution in [0.25, 0.3) is 0 Å². The Hall–Kier alpha value is -2.13. The molecule has 92 valence electrons. The topological polar surface area (TPSA) is 55.0 Å². The van der Waals surface area contributed by atoms with Gasteiger partial charge in [-0.15, -0.1) is 0 Å². The second-order valence-electron chi connectivity index (χ2n) is 3.98. The van der Waals surface area contributed by atoms with E-state index in [1.807, 2.05) is 54.6 Å².